The number of terminal acetylenes is 1. The van der Waals surface area contributed by atoms with Crippen molar-refractivity contribution in [3.63, 3.8) is 0 Å². The smallest absolute Gasteiger partial charge is 0.264 e. The van der Waals surface area contributed by atoms with Crippen LogP contribution in [-0.4, -0.2) is 14.2 Å². The summed E-state index contributed by atoms with van der Waals surface area (Å²) in [4.78, 5) is 10.8. The van der Waals surface area contributed by atoms with Crippen molar-refractivity contribution >= 4 is 25.5 Å². The molecule has 0 N–H and O–H groups in total. The van der Waals surface area contributed by atoms with E-state index in [1.165, 1.54) is 6.07 Å². The number of benzene rings is 1. The van der Waals surface area contributed by atoms with Crippen LogP contribution in [0.1, 0.15) is 23.2 Å². The molecule has 0 aliphatic carbocycles. The van der Waals surface area contributed by atoms with E-state index in [1.807, 2.05) is 0 Å². The predicted octanol–water partition coefficient (Wildman–Crippen LogP) is 2.35. The first-order valence-corrected chi connectivity index (χ1v) is 6.88. The molecule has 3 nitrogen and oxygen atoms in total. The first-order valence-electron chi connectivity index (χ1n) is 4.57. The number of ketones is 1. The molecule has 0 aliphatic heterocycles. The molecule has 0 aromatic heterocycles. The van der Waals surface area contributed by atoms with E-state index in [-0.39, 0.29) is 24.2 Å². The van der Waals surface area contributed by atoms with Crippen LogP contribution in [0.15, 0.2) is 23.1 Å². The molecule has 0 saturated heterocycles. The summed E-state index contributed by atoms with van der Waals surface area (Å²) >= 11 is 0. The Morgan fingerprint density at radius 2 is 2.12 bits per heavy atom. The number of halogens is 2. The van der Waals surface area contributed by atoms with Crippen molar-refractivity contribution in [3.8, 4) is 12.3 Å². The molecule has 0 atom stereocenters. The maximum atomic E-state index is 13.2. The third kappa shape index (κ3) is 3.55. The fourth-order valence-electron chi connectivity index (χ4n) is 1.19. The molecular weight excluding hydrogens is 267 g/mol. The molecule has 0 amide bonds. The molecule has 0 saturated carbocycles. The molecule has 0 bridgehead atoms. The quantitative estimate of drug-likeness (QED) is 0.481. The Morgan fingerprint density at radius 3 is 2.65 bits per heavy atom. The Balaban J connectivity index is 3.14. The topological polar surface area (TPSA) is 51.2 Å². The van der Waals surface area contributed by atoms with Crippen LogP contribution in [0.4, 0.5) is 4.39 Å². The van der Waals surface area contributed by atoms with Crippen molar-refractivity contribution in [1.29, 1.82) is 0 Å². The summed E-state index contributed by atoms with van der Waals surface area (Å²) < 4.78 is 35.2. The molecule has 1 aromatic rings. The van der Waals surface area contributed by atoms with Gasteiger partial charge in [0.25, 0.3) is 9.05 Å². The van der Waals surface area contributed by atoms with Gasteiger partial charge in [-0.15, -0.1) is 12.3 Å². The molecule has 0 unspecified atom stereocenters. The Morgan fingerprint density at radius 1 is 1.47 bits per heavy atom. The number of hydrogen-bond donors (Lipinski definition) is 0. The van der Waals surface area contributed by atoms with Crippen LogP contribution in [0.3, 0.4) is 0 Å². The Labute approximate surface area is 103 Å². The van der Waals surface area contributed by atoms with Crippen LogP contribution < -0.4 is 0 Å². The molecule has 0 aliphatic rings. The van der Waals surface area contributed by atoms with Gasteiger partial charge in [-0.2, -0.15) is 0 Å². The second kappa shape index (κ2) is 5.30. The van der Waals surface area contributed by atoms with Crippen LogP contribution in [0.5, 0.6) is 0 Å². The van der Waals surface area contributed by atoms with Crippen molar-refractivity contribution < 1.29 is 17.6 Å². The van der Waals surface area contributed by atoms with Gasteiger partial charge >= 0.3 is 0 Å². The van der Waals surface area contributed by atoms with Gasteiger partial charge in [0.2, 0.25) is 0 Å². The van der Waals surface area contributed by atoms with E-state index >= 15 is 0 Å². The lowest BCUT2D eigenvalue weighted by atomic mass is 10.1. The second-order valence-corrected chi connectivity index (χ2v) is 5.74. The zero-order valence-corrected chi connectivity index (χ0v) is 10.2. The van der Waals surface area contributed by atoms with E-state index in [0.717, 1.165) is 12.1 Å². The average molecular weight is 275 g/mol. The van der Waals surface area contributed by atoms with Crippen LogP contribution in [0.2, 0.25) is 0 Å². The number of hydrogen-bond acceptors (Lipinski definition) is 3. The lowest BCUT2D eigenvalue weighted by Gasteiger charge is -2.02. The first-order chi connectivity index (χ1) is 7.86. The molecule has 1 aromatic carbocycles. The summed E-state index contributed by atoms with van der Waals surface area (Å²) in [5, 5.41) is 0. The minimum absolute atomic E-state index is 0.0703. The minimum Gasteiger partial charge on any atom is -0.294 e. The van der Waals surface area contributed by atoms with E-state index in [0.29, 0.717) is 0 Å². The highest BCUT2D eigenvalue weighted by atomic mass is 35.7. The van der Waals surface area contributed by atoms with Gasteiger partial charge in [-0.3, -0.25) is 4.79 Å². The van der Waals surface area contributed by atoms with Gasteiger partial charge < -0.3 is 0 Å². The highest BCUT2D eigenvalue weighted by Gasteiger charge is 2.18. The highest BCUT2D eigenvalue weighted by molar-refractivity contribution is 8.13. The third-order valence-electron chi connectivity index (χ3n) is 2.01. The number of rotatable bonds is 4. The van der Waals surface area contributed by atoms with Crippen molar-refractivity contribution in [3.05, 3.63) is 29.6 Å². The monoisotopic (exact) mass is 274 g/mol. The molecule has 6 heteroatoms. The standard InChI is InChI=1S/C11H8ClFO3S/c1-2-3-4-10(14)8-5-6-9(13)11(7-8)17(12,15)16/h1,5-7H,3-4H2. The second-order valence-electron chi connectivity index (χ2n) is 3.21. The summed E-state index contributed by atoms with van der Waals surface area (Å²) in [5.74, 6) is 0.936. The first kappa shape index (κ1) is 13.7. The van der Waals surface area contributed by atoms with Gasteiger partial charge in [0, 0.05) is 29.1 Å². The maximum Gasteiger partial charge on any atom is 0.264 e. The minimum atomic E-state index is -4.21. The number of carbonyl (C=O) groups is 1. The largest absolute Gasteiger partial charge is 0.294 e. The van der Waals surface area contributed by atoms with Gasteiger partial charge in [0.15, 0.2) is 5.78 Å². The molecule has 17 heavy (non-hydrogen) atoms. The van der Waals surface area contributed by atoms with Gasteiger partial charge in [-0.25, -0.2) is 12.8 Å². The summed E-state index contributed by atoms with van der Waals surface area (Å²) in [5.41, 5.74) is 0.0703. The van der Waals surface area contributed by atoms with Crippen LogP contribution in [0, 0.1) is 18.2 Å². The van der Waals surface area contributed by atoms with Gasteiger partial charge in [0.05, 0.1) is 0 Å². The number of Topliss-reactive ketones (excluding diaryl/α,β-unsaturated/α-hetero) is 1. The fraction of sp³-hybridized carbons (Fsp3) is 0.182. The van der Waals surface area contributed by atoms with E-state index in [9.17, 15) is 17.6 Å². The molecular formula is C11H8ClFO3S. The van der Waals surface area contributed by atoms with Gasteiger partial charge in [-0.1, -0.05) is 0 Å². The zero-order chi connectivity index (χ0) is 13.1. The summed E-state index contributed by atoms with van der Waals surface area (Å²) in [6, 6.07) is 2.99. The SMILES string of the molecule is C#CCCC(=O)c1ccc(F)c(S(=O)(=O)Cl)c1. The van der Waals surface area contributed by atoms with Gasteiger partial charge in [-0.05, 0) is 18.2 Å². The molecule has 0 heterocycles. The van der Waals surface area contributed by atoms with E-state index in [2.05, 4.69) is 5.92 Å². The highest BCUT2D eigenvalue weighted by Crippen LogP contribution is 2.21. The van der Waals surface area contributed by atoms with Crippen molar-refractivity contribution in [1.82, 2.24) is 0 Å². The Kier molecular flexibility index (Phi) is 4.27. The molecule has 1 rings (SSSR count). The van der Waals surface area contributed by atoms with Crippen molar-refractivity contribution in [2.75, 3.05) is 0 Å². The molecule has 0 radical (unpaired) electrons. The molecule has 90 valence electrons. The summed E-state index contributed by atoms with van der Waals surface area (Å²) in [6.07, 6.45) is 5.31. The Hall–Kier alpha value is -1.38. The van der Waals surface area contributed by atoms with E-state index in [4.69, 9.17) is 17.1 Å². The van der Waals surface area contributed by atoms with Crippen LogP contribution in [0.25, 0.3) is 0 Å². The lowest BCUT2D eigenvalue weighted by molar-refractivity contribution is 0.0984. The molecule has 0 fully saturated rings. The zero-order valence-electron chi connectivity index (χ0n) is 8.61. The van der Waals surface area contributed by atoms with Crippen molar-refractivity contribution in [2.45, 2.75) is 17.7 Å². The van der Waals surface area contributed by atoms with Crippen molar-refractivity contribution in [2.24, 2.45) is 0 Å². The predicted molar refractivity (Wildman–Crippen MR) is 61.8 cm³/mol. The molecule has 0 spiro atoms. The van der Waals surface area contributed by atoms with E-state index in [1.54, 1.807) is 0 Å². The number of carbonyl (C=O) groups excluding carboxylic acids is 1. The lowest BCUT2D eigenvalue weighted by Crippen LogP contribution is -2.03. The third-order valence-corrected chi connectivity index (χ3v) is 3.35. The Bertz CT molecular complexity index is 587. The van der Waals surface area contributed by atoms with Gasteiger partial charge in [0.1, 0.15) is 10.7 Å². The van der Waals surface area contributed by atoms with Crippen LogP contribution >= 0.6 is 10.7 Å². The van der Waals surface area contributed by atoms with E-state index < -0.39 is 19.8 Å². The summed E-state index contributed by atoms with van der Waals surface area (Å²) in [6.45, 7) is 0. The normalized spacial score (nSPS) is 10.9. The average Bonchev–Trinajstić information content (AvgIpc) is 2.25. The maximum absolute atomic E-state index is 13.2. The van der Waals surface area contributed by atoms with Crippen LogP contribution in [-0.2, 0) is 9.05 Å². The summed E-state index contributed by atoms with van der Waals surface area (Å²) in [7, 11) is 0.828. The fourth-order valence-corrected chi connectivity index (χ4v) is 2.12.